The van der Waals surface area contributed by atoms with Crippen LogP contribution >= 0.6 is 11.3 Å². The van der Waals surface area contributed by atoms with Gasteiger partial charge in [-0.1, -0.05) is 6.07 Å². The van der Waals surface area contributed by atoms with Crippen molar-refractivity contribution in [1.29, 1.82) is 0 Å². The minimum atomic E-state index is -3.86. The maximum absolute atomic E-state index is 13.6. The van der Waals surface area contributed by atoms with Gasteiger partial charge in [-0.05, 0) is 48.9 Å². The molecule has 1 aromatic heterocycles. The molecule has 3 rings (SSSR count). The maximum Gasteiger partial charge on any atom is 0.275 e. The summed E-state index contributed by atoms with van der Waals surface area (Å²) < 4.78 is 45.7. The Kier molecular flexibility index (Phi) is 5.61. The van der Waals surface area contributed by atoms with E-state index >= 15 is 0 Å². The van der Waals surface area contributed by atoms with Gasteiger partial charge < -0.3 is 10.1 Å². The summed E-state index contributed by atoms with van der Waals surface area (Å²) in [6.45, 7) is 1.61. The Hall–Kier alpha value is -2.98. The van der Waals surface area contributed by atoms with Gasteiger partial charge in [-0.3, -0.25) is 9.52 Å². The molecular weight excluding hydrogens is 405 g/mol. The Labute approximate surface area is 165 Å². The molecule has 0 bridgehead atoms. The second kappa shape index (κ2) is 7.95. The van der Waals surface area contributed by atoms with E-state index in [9.17, 15) is 17.6 Å². The van der Waals surface area contributed by atoms with Crippen LogP contribution in [0.3, 0.4) is 0 Å². The first-order valence-electron chi connectivity index (χ1n) is 7.98. The Morgan fingerprint density at radius 3 is 2.54 bits per heavy atom. The third kappa shape index (κ3) is 4.46. The Balaban J connectivity index is 1.72. The van der Waals surface area contributed by atoms with Gasteiger partial charge in [0.2, 0.25) is 0 Å². The minimum absolute atomic E-state index is 0.0124. The predicted molar refractivity (Wildman–Crippen MR) is 105 cm³/mol. The zero-order valence-electron chi connectivity index (χ0n) is 14.9. The average Bonchev–Trinajstić information content (AvgIpc) is 3.12. The molecule has 1 amide bonds. The van der Waals surface area contributed by atoms with Gasteiger partial charge in [-0.2, -0.15) is 0 Å². The van der Waals surface area contributed by atoms with E-state index in [2.05, 4.69) is 15.0 Å². The normalized spacial score (nSPS) is 11.1. The summed E-state index contributed by atoms with van der Waals surface area (Å²) in [5.74, 6) is -0.488. The van der Waals surface area contributed by atoms with Crippen LogP contribution in [0.2, 0.25) is 0 Å². The van der Waals surface area contributed by atoms with Gasteiger partial charge in [-0.25, -0.2) is 17.8 Å². The number of nitrogens with zero attached hydrogens (tertiary/aromatic N) is 1. The van der Waals surface area contributed by atoms with Crippen molar-refractivity contribution in [2.45, 2.75) is 11.8 Å². The molecule has 0 unspecified atom stereocenters. The molecule has 0 aliphatic rings. The monoisotopic (exact) mass is 421 g/mol. The highest BCUT2D eigenvalue weighted by Gasteiger charge is 2.18. The number of benzene rings is 2. The third-order valence-corrected chi connectivity index (χ3v) is 6.00. The molecule has 0 saturated carbocycles. The fourth-order valence-electron chi connectivity index (χ4n) is 2.22. The van der Waals surface area contributed by atoms with Crippen molar-refractivity contribution in [1.82, 2.24) is 4.98 Å². The van der Waals surface area contributed by atoms with Gasteiger partial charge in [0.05, 0.1) is 12.0 Å². The standard InChI is InChI=1S/C18H16FN3O4S2/c1-11-3-4-12(9-15(11)19)20-17(23)16-10-27-18(21-16)22-28(24,25)14-7-5-13(26-2)6-8-14/h3-10H,1-2H3,(H,20,23)(H,21,22). The largest absolute Gasteiger partial charge is 0.497 e. The Morgan fingerprint density at radius 2 is 1.89 bits per heavy atom. The number of carbonyl (C=O) groups excluding carboxylic acids is 1. The molecule has 7 nitrogen and oxygen atoms in total. The quantitative estimate of drug-likeness (QED) is 0.633. The van der Waals surface area contributed by atoms with Crippen molar-refractivity contribution < 1.29 is 22.3 Å². The molecular formula is C18H16FN3O4S2. The molecule has 28 heavy (non-hydrogen) atoms. The molecule has 2 aromatic carbocycles. The average molecular weight is 421 g/mol. The lowest BCUT2D eigenvalue weighted by Crippen LogP contribution is -2.15. The number of methoxy groups -OCH3 is 1. The Morgan fingerprint density at radius 1 is 1.18 bits per heavy atom. The van der Waals surface area contributed by atoms with E-state index in [1.54, 1.807) is 19.1 Å². The molecule has 0 aliphatic carbocycles. The predicted octanol–water partition coefficient (Wildman–Crippen LogP) is 3.65. The number of halogens is 1. The second-order valence-corrected chi connectivity index (χ2v) is 8.28. The molecule has 0 saturated heterocycles. The number of aryl methyl sites for hydroxylation is 1. The molecule has 3 aromatic rings. The molecule has 2 N–H and O–H groups in total. The van der Waals surface area contributed by atoms with E-state index in [-0.39, 0.29) is 21.4 Å². The summed E-state index contributed by atoms with van der Waals surface area (Å²) in [7, 11) is -2.38. The molecule has 0 aliphatic heterocycles. The first-order chi connectivity index (χ1) is 13.3. The van der Waals surface area contributed by atoms with Crippen molar-refractivity contribution >= 4 is 38.1 Å². The van der Waals surface area contributed by atoms with Crippen LogP contribution in [0.25, 0.3) is 0 Å². The van der Waals surface area contributed by atoms with Crippen LogP contribution in [0, 0.1) is 12.7 Å². The van der Waals surface area contributed by atoms with Crippen molar-refractivity contribution in [2.24, 2.45) is 0 Å². The van der Waals surface area contributed by atoms with Crippen LogP contribution in [-0.4, -0.2) is 26.4 Å². The van der Waals surface area contributed by atoms with Crippen LogP contribution in [0.4, 0.5) is 15.2 Å². The fraction of sp³-hybridized carbons (Fsp3) is 0.111. The van der Waals surface area contributed by atoms with E-state index in [0.29, 0.717) is 11.3 Å². The number of carbonyl (C=O) groups is 1. The van der Waals surface area contributed by atoms with E-state index in [0.717, 1.165) is 11.3 Å². The number of hydrogen-bond acceptors (Lipinski definition) is 6. The van der Waals surface area contributed by atoms with Crippen LogP contribution < -0.4 is 14.8 Å². The number of hydrogen-bond donors (Lipinski definition) is 2. The molecule has 0 spiro atoms. The van der Waals surface area contributed by atoms with Crippen LogP contribution in [0.15, 0.2) is 52.7 Å². The lowest BCUT2D eigenvalue weighted by atomic mass is 10.2. The minimum Gasteiger partial charge on any atom is -0.497 e. The molecule has 0 fully saturated rings. The number of sulfonamides is 1. The molecule has 1 heterocycles. The van der Waals surface area contributed by atoms with Crippen molar-refractivity contribution in [3.05, 3.63) is 64.9 Å². The number of rotatable bonds is 6. The number of ether oxygens (including phenoxy) is 1. The topological polar surface area (TPSA) is 97.4 Å². The summed E-state index contributed by atoms with van der Waals surface area (Å²) in [5, 5.41) is 3.97. The zero-order valence-corrected chi connectivity index (χ0v) is 16.5. The Bertz CT molecular complexity index is 1110. The SMILES string of the molecule is COc1ccc(S(=O)(=O)Nc2nc(C(=O)Nc3ccc(C)c(F)c3)cs2)cc1. The van der Waals surface area contributed by atoms with Gasteiger partial charge in [0.1, 0.15) is 17.3 Å². The van der Waals surface area contributed by atoms with Crippen LogP contribution in [-0.2, 0) is 10.0 Å². The van der Waals surface area contributed by atoms with Crippen LogP contribution in [0.1, 0.15) is 16.1 Å². The van der Waals surface area contributed by atoms with E-state index < -0.39 is 21.7 Å². The number of aromatic nitrogens is 1. The summed E-state index contributed by atoms with van der Waals surface area (Å²) >= 11 is 0.962. The molecule has 0 radical (unpaired) electrons. The van der Waals surface area contributed by atoms with E-state index in [1.165, 1.54) is 42.8 Å². The third-order valence-electron chi connectivity index (χ3n) is 3.76. The number of anilines is 2. The summed E-state index contributed by atoms with van der Waals surface area (Å²) in [4.78, 5) is 16.3. The highest BCUT2D eigenvalue weighted by atomic mass is 32.2. The second-order valence-electron chi connectivity index (χ2n) is 5.74. The lowest BCUT2D eigenvalue weighted by molar-refractivity contribution is 0.102. The molecule has 0 atom stereocenters. The van der Waals surface area contributed by atoms with Crippen LogP contribution in [0.5, 0.6) is 5.75 Å². The van der Waals surface area contributed by atoms with Gasteiger partial charge >= 0.3 is 0 Å². The lowest BCUT2D eigenvalue weighted by Gasteiger charge is -2.06. The number of nitrogens with one attached hydrogen (secondary N) is 2. The summed E-state index contributed by atoms with van der Waals surface area (Å²) in [5.41, 5.74) is 0.752. The first kappa shape index (κ1) is 19.8. The summed E-state index contributed by atoms with van der Waals surface area (Å²) in [6, 6.07) is 10.2. The smallest absolute Gasteiger partial charge is 0.275 e. The molecule has 146 valence electrons. The maximum atomic E-state index is 13.6. The van der Waals surface area contributed by atoms with Gasteiger partial charge in [0.25, 0.3) is 15.9 Å². The van der Waals surface area contributed by atoms with Crippen molar-refractivity contribution in [3.8, 4) is 5.75 Å². The van der Waals surface area contributed by atoms with Crippen molar-refractivity contribution in [3.63, 3.8) is 0 Å². The summed E-state index contributed by atoms with van der Waals surface area (Å²) in [6.07, 6.45) is 0. The fourth-order valence-corrected chi connectivity index (χ4v) is 4.16. The highest BCUT2D eigenvalue weighted by molar-refractivity contribution is 7.93. The van der Waals surface area contributed by atoms with Crippen molar-refractivity contribution in [2.75, 3.05) is 17.1 Å². The zero-order chi connectivity index (χ0) is 20.3. The number of amides is 1. The van der Waals surface area contributed by atoms with E-state index in [1.807, 2.05) is 0 Å². The van der Waals surface area contributed by atoms with Gasteiger partial charge in [-0.15, -0.1) is 11.3 Å². The first-order valence-corrected chi connectivity index (χ1v) is 10.3. The van der Waals surface area contributed by atoms with Gasteiger partial charge in [0, 0.05) is 11.1 Å². The highest BCUT2D eigenvalue weighted by Crippen LogP contribution is 2.22. The van der Waals surface area contributed by atoms with E-state index in [4.69, 9.17) is 4.74 Å². The molecule has 10 heteroatoms. The number of thiazole rings is 1. The van der Waals surface area contributed by atoms with Gasteiger partial charge in [0.15, 0.2) is 5.13 Å².